The van der Waals surface area contributed by atoms with Crippen molar-refractivity contribution >= 4 is 7.69 Å². The summed E-state index contributed by atoms with van der Waals surface area (Å²) in [4.78, 5) is 18.5. The van der Waals surface area contributed by atoms with Gasteiger partial charge in [0, 0.05) is 0 Å². The van der Waals surface area contributed by atoms with Crippen LogP contribution in [0.4, 0.5) is 0 Å². The molecule has 9 heavy (non-hydrogen) atoms. The lowest BCUT2D eigenvalue weighted by molar-refractivity contribution is -0.755. The van der Waals surface area contributed by atoms with Crippen molar-refractivity contribution in [2.24, 2.45) is 0 Å². The summed E-state index contributed by atoms with van der Waals surface area (Å²) < 4.78 is 6.57. The molecule has 0 rings (SSSR count). The van der Waals surface area contributed by atoms with E-state index in [1.54, 1.807) is 0 Å². The fourth-order valence-corrected chi connectivity index (χ4v) is 0.0895. The van der Waals surface area contributed by atoms with Gasteiger partial charge in [-0.05, 0) is 0 Å². The maximum absolute atomic E-state index is 9.23. The van der Waals surface area contributed by atoms with Gasteiger partial charge in [0.05, 0.1) is 0 Å². The quantitative estimate of drug-likeness (QED) is 0.276. The Bertz CT molecular complexity index is 106. The van der Waals surface area contributed by atoms with Crippen molar-refractivity contribution in [2.45, 2.75) is 0 Å². The zero-order valence-corrected chi connectivity index (χ0v) is 3.92. The molecule has 0 fully saturated rings. The Balaban J connectivity index is 3.10. The number of rotatable bonds is 4. The lowest BCUT2D eigenvalue weighted by Gasteiger charge is -1.90. The van der Waals surface area contributed by atoms with E-state index < -0.39 is 10.2 Å². The second-order valence-corrected chi connectivity index (χ2v) is 0.754. The van der Waals surface area contributed by atoms with Crippen LogP contribution < -0.4 is 0 Å². The standard InChI is InChI=1S/BN2O6/c4-2(5)8-1-9-3(6)7. The third kappa shape index (κ3) is 6.46. The highest BCUT2D eigenvalue weighted by Crippen LogP contribution is 1.73. The minimum atomic E-state index is -1.25. The third-order valence-electron chi connectivity index (χ3n) is 0.258. The highest BCUT2D eigenvalue weighted by Gasteiger charge is 2.02. The molecule has 0 aliphatic heterocycles. The zero-order valence-electron chi connectivity index (χ0n) is 3.92. The Morgan fingerprint density at radius 3 is 1.67 bits per heavy atom. The topological polar surface area (TPSA) is 105 Å². The van der Waals surface area contributed by atoms with Gasteiger partial charge in [-0.1, -0.05) is 0 Å². The average molecular weight is 135 g/mol. The summed E-state index contributed by atoms with van der Waals surface area (Å²) in [5, 5.41) is 16.0. The minimum Gasteiger partial charge on any atom is -0.351 e. The molecule has 49 valence electrons. The van der Waals surface area contributed by atoms with Crippen LogP contribution in [-0.4, -0.2) is 17.9 Å². The molecule has 0 N–H and O–H groups in total. The van der Waals surface area contributed by atoms with Crippen molar-refractivity contribution < 1.29 is 19.7 Å². The summed E-state index contributed by atoms with van der Waals surface area (Å²) in [6, 6.07) is 0. The van der Waals surface area contributed by atoms with E-state index in [1.807, 2.05) is 0 Å². The number of hydrogen-bond donors (Lipinski definition) is 0. The van der Waals surface area contributed by atoms with E-state index in [0.29, 0.717) is 0 Å². The number of nitrogens with zero attached hydrogens (tertiary/aromatic N) is 2. The minimum absolute atomic E-state index is 0. The predicted molar refractivity (Wildman–Crippen MR) is 21.9 cm³/mol. The molecule has 8 nitrogen and oxygen atoms in total. The zero-order chi connectivity index (χ0) is 7.28. The van der Waals surface area contributed by atoms with Gasteiger partial charge in [-0.15, -0.1) is 20.2 Å². The van der Waals surface area contributed by atoms with E-state index in [-0.39, 0.29) is 7.69 Å². The molecule has 9 heteroatoms. The first-order valence-electron chi connectivity index (χ1n) is 1.57. The van der Waals surface area contributed by atoms with Crippen molar-refractivity contribution in [1.82, 2.24) is 0 Å². The molecule has 0 amide bonds. The SMILES string of the molecule is O=[N+]([O-])O[B]O[N+](=O)[O-]. The second kappa shape index (κ2) is 3.46. The molecule has 0 aliphatic carbocycles. The first-order valence-corrected chi connectivity index (χ1v) is 1.57. The molecule has 0 aromatic rings. The molecule has 0 aromatic heterocycles. The van der Waals surface area contributed by atoms with Crippen molar-refractivity contribution in [2.75, 3.05) is 0 Å². The fraction of sp³-hybridized carbons (Fsp3) is 0. The summed E-state index contributed by atoms with van der Waals surface area (Å²) >= 11 is 0. The average Bonchev–Trinajstić information content (AvgIpc) is 1.63. The Morgan fingerprint density at radius 1 is 1.11 bits per heavy atom. The normalized spacial score (nSPS) is 7.56. The van der Waals surface area contributed by atoms with Gasteiger partial charge in [0.25, 0.3) is 10.2 Å². The Labute approximate surface area is 48.9 Å². The summed E-state index contributed by atoms with van der Waals surface area (Å²) in [6.07, 6.45) is 0. The van der Waals surface area contributed by atoms with Crippen LogP contribution in [0.2, 0.25) is 0 Å². The largest absolute Gasteiger partial charge is 0.579 e. The van der Waals surface area contributed by atoms with Crippen molar-refractivity contribution in [3.8, 4) is 0 Å². The van der Waals surface area contributed by atoms with E-state index in [9.17, 15) is 20.2 Å². The highest BCUT2D eigenvalue weighted by molar-refractivity contribution is 6.16. The Kier molecular flexibility index (Phi) is 2.87. The summed E-state index contributed by atoms with van der Waals surface area (Å²) in [5.41, 5.74) is 0. The van der Waals surface area contributed by atoms with Gasteiger partial charge in [0.1, 0.15) is 0 Å². The van der Waals surface area contributed by atoms with E-state index in [1.165, 1.54) is 0 Å². The van der Waals surface area contributed by atoms with Crippen LogP contribution in [0.25, 0.3) is 0 Å². The van der Waals surface area contributed by atoms with Gasteiger partial charge in [0.15, 0.2) is 0 Å². The van der Waals surface area contributed by atoms with Gasteiger partial charge in [-0.25, -0.2) is 0 Å². The molecule has 0 bridgehead atoms. The van der Waals surface area contributed by atoms with Crippen LogP contribution in [0.5, 0.6) is 0 Å². The molecule has 0 aliphatic rings. The van der Waals surface area contributed by atoms with E-state index >= 15 is 0 Å². The molecule has 1 radical (unpaired) electrons. The van der Waals surface area contributed by atoms with Crippen LogP contribution in [-0.2, 0) is 9.51 Å². The van der Waals surface area contributed by atoms with Crippen LogP contribution in [0.1, 0.15) is 0 Å². The Hall–Kier alpha value is -1.54. The van der Waals surface area contributed by atoms with Gasteiger partial charge >= 0.3 is 7.69 Å². The second-order valence-electron chi connectivity index (χ2n) is 0.754. The van der Waals surface area contributed by atoms with Gasteiger partial charge in [-0.2, -0.15) is 0 Å². The van der Waals surface area contributed by atoms with Gasteiger partial charge in [0.2, 0.25) is 0 Å². The molecular weight excluding hydrogens is 135 g/mol. The monoisotopic (exact) mass is 135 g/mol. The smallest absolute Gasteiger partial charge is 0.351 e. The maximum atomic E-state index is 9.23. The van der Waals surface area contributed by atoms with Crippen molar-refractivity contribution in [1.29, 1.82) is 0 Å². The van der Waals surface area contributed by atoms with E-state index in [2.05, 4.69) is 9.51 Å². The summed E-state index contributed by atoms with van der Waals surface area (Å²) in [5.74, 6) is 0. The lowest BCUT2D eigenvalue weighted by Crippen LogP contribution is -2.13. The predicted octanol–water partition coefficient (Wildman–Crippen LogP) is -1.06. The van der Waals surface area contributed by atoms with Crippen molar-refractivity contribution in [3.05, 3.63) is 20.2 Å². The Morgan fingerprint density at radius 2 is 1.44 bits per heavy atom. The molecule has 0 heterocycles. The molecule has 0 spiro atoms. The third-order valence-corrected chi connectivity index (χ3v) is 0.258. The molecule has 0 saturated heterocycles. The molecule has 0 atom stereocenters. The number of hydrogen-bond acceptors (Lipinski definition) is 6. The van der Waals surface area contributed by atoms with Crippen LogP contribution >= 0.6 is 0 Å². The fourth-order valence-electron chi connectivity index (χ4n) is 0.0895. The summed E-state index contributed by atoms with van der Waals surface area (Å²) in [7, 11) is 0. The van der Waals surface area contributed by atoms with E-state index in [0.717, 1.165) is 0 Å². The van der Waals surface area contributed by atoms with E-state index in [4.69, 9.17) is 0 Å². The van der Waals surface area contributed by atoms with Gasteiger partial charge < -0.3 is 9.51 Å². The van der Waals surface area contributed by atoms with Crippen LogP contribution in [0.3, 0.4) is 0 Å². The van der Waals surface area contributed by atoms with Gasteiger partial charge in [-0.3, -0.25) is 0 Å². The van der Waals surface area contributed by atoms with Crippen LogP contribution in [0, 0.1) is 20.2 Å². The first kappa shape index (κ1) is 7.46. The molecule has 0 saturated carbocycles. The van der Waals surface area contributed by atoms with Crippen molar-refractivity contribution in [3.63, 3.8) is 0 Å². The first-order chi connectivity index (χ1) is 4.13. The van der Waals surface area contributed by atoms with Crippen LogP contribution in [0.15, 0.2) is 0 Å². The molecule has 0 unspecified atom stereocenters. The molecular formula is BN2O6. The molecule has 0 aromatic carbocycles. The summed E-state index contributed by atoms with van der Waals surface area (Å²) in [6.45, 7) is 0. The highest BCUT2D eigenvalue weighted by atomic mass is 17.0. The maximum Gasteiger partial charge on any atom is 0.579 e. The lowest BCUT2D eigenvalue weighted by atomic mass is 10.4.